The van der Waals surface area contributed by atoms with E-state index in [1.54, 1.807) is 13.8 Å². The van der Waals surface area contributed by atoms with Gasteiger partial charge >= 0.3 is 0 Å². The predicted molar refractivity (Wildman–Crippen MR) is 69.7 cm³/mol. The fourth-order valence-corrected chi connectivity index (χ4v) is 2.22. The van der Waals surface area contributed by atoms with E-state index >= 15 is 0 Å². The Morgan fingerprint density at radius 2 is 2.05 bits per heavy atom. The largest absolute Gasteiger partial charge is 0.346 e. The average molecular weight is 309 g/mol. The number of benzene rings is 1. The van der Waals surface area contributed by atoms with Gasteiger partial charge in [0, 0.05) is 5.56 Å². The highest BCUT2D eigenvalue weighted by molar-refractivity contribution is 7.89. The van der Waals surface area contributed by atoms with E-state index in [2.05, 4.69) is 5.32 Å². The molecule has 1 rings (SSSR count). The molecule has 1 amide bonds. The zero-order valence-corrected chi connectivity index (χ0v) is 12.0. The Balaban J connectivity index is 3.19. The monoisotopic (exact) mass is 308 g/mol. The van der Waals surface area contributed by atoms with E-state index in [4.69, 9.17) is 16.7 Å². The fraction of sp³-hybridized carbons (Fsp3) is 0.364. The summed E-state index contributed by atoms with van der Waals surface area (Å²) < 4.78 is 36.1. The lowest BCUT2D eigenvalue weighted by Gasteiger charge is -2.27. The number of amides is 1. The number of nitrogens with two attached hydrogens (primary N) is 1. The number of hydrogen-bond donors (Lipinski definition) is 2. The third-order valence-corrected chi connectivity index (χ3v) is 3.67. The molecule has 1 aromatic rings. The van der Waals surface area contributed by atoms with Crippen LogP contribution < -0.4 is 10.5 Å². The van der Waals surface area contributed by atoms with Crippen LogP contribution in [0.4, 0.5) is 4.39 Å². The molecule has 106 valence electrons. The number of nitrogens with one attached hydrogen (secondary N) is 1. The first-order chi connectivity index (χ1) is 8.58. The summed E-state index contributed by atoms with van der Waals surface area (Å²) in [6.07, 6.45) is 0. The van der Waals surface area contributed by atoms with Gasteiger partial charge < -0.3 is 5.32 Å². The van der Waals surface area contributed by atoms with Crippen LogP contribution in [-0.2, 0) is 20.4 Å². The van der Waals surface area contributed by atoms with E-state index in [-0.39, 0.29) is 16.3 Å². The van der Waals surface area contributed by atoms with Crippen molar-refractivity contribution in [3.8, 4) is 0 Å². The van der Waals surface area contributed by atoms with Gasteiger partial charge in [0.2, 0.25) is 15.9 Å². The Bertz CT molecular complexity index is 602. The summed E-state index contributed by atoms with van der Waals surface area (Å²) in [4.78, 5) is 10.9. The van der Waals surface area contributed by atoms with Gasteiger partial charge in [0.25, 0.3) is 0 Å². The lowest BCUT2D eigenvalue weighted by Crippen LogP contribution is -2.42. The van der Waals surface area contributed by atoms with Crippen molar-refractivity contribution in [1.82, 2.24) is 5.32 Å². The van der Waals surface area contributed by atoms with Crippen LogP contribution in [0, 0.1) is 5.82 Å². The molecule has 0 bridgehead atoms. The third-order valence-electron chi connectivity index (χ3n) is 2.52. The molecule has 19 heavy (non-hydrogen) atoms. The first kappa shape index (κ1) is 15.9. The number of rotatable bonds is 4. The number of carbonyl (C=O) groups is 1. The first-order valence-electron chi connectivity index (χ1n) is 5.28. The van der Waals surface area contributed by atoms with Crippen molar-refractivity contribution >= 4 is 27.5 Å². The Morgan fingerprint density at radius 1 is 1.47 bits per heavy atom. The summed E-state index contributed by atoms with van der Waals surface area (Å²) in [7, 11) is -3.96. The number of alkyl halides is 1. The summed E-state index contributed by atoms with van der Waals surface area (Å²) >= 11 is 5.37. The molecule has 0 aromatic heterocycles. The normalized spacial score (nSPS) is 12.3. The van der Waals surface area contributed by atoms with Crippen LogP contribution in [0.3, 0.4) is 0 Å². The maximum atomic E-state index is 13.9. The second-order valence-corrected chi connectivity index (χ2v) is 6.32. The predicted octanol–water partition coefficient (Wildman–Crippen LogP) is 1.06. The van der Waals surface area contributed by atoms with Crippen LogP contribution >= 0.6 is 11.6 Å². The molecule has 1 aromatic carbocycles. The Labute approximate surface area is 116 Å². The van der Waals surface area contributed by atoms with E-state index in [1.165, 1.54) is 12.1 Å². The lowest BCUT2D eigenvalue weighted by molar-refractivity contribution is -0.120. The molecule has 0 saturated carbocycles. The molecular weight excluding hydrogens is 295 g/mol. The highest BCUT2D eigenvalue weighted by Crippen LogP contribution is 2.25. The van der Waals surface area contributed by atoms with Crippen molar-refractivity contribution in [2.45, 2.75) is 24.3 Å². The molecule has 5 nitrogen and oxygen atoms in total. The molecule has 0 saturated heterocycles. The van der Waals surface area contributed by atoms with E-state index in [9.17, 15) is 17.6 Å². The Kier molecular flexibility index (Phi) is 4.54. The number of hydrogen-bond acceptors (Lipinski definition) is 3. The van der Waals surface area contributed by atoms with Crippen molar-refractivity contribution in [2.24, 2.45) is 5.14 Å². The molecule has 0 fully saturated rings. The van der Waals surface area contributed by atoms with Gasteiger partial charge in [-0.2, -0.15) is 0 Å². The summed E-state index contributed by atoms with van der Waals surface area (Å²) in [6, 6.07) is 3.27. The minimum Gasteiger partial charge on any atom is -0.346 e. The minimum absolute atomic E-state index is 0.137. The number of carbonyl (C=O) groups excluding carboxylic acids is 1. The minimum atomic E-state index is -3.96. The molecule has 3 N–H and O–H groups in total. The smallest absolute Gasteiger partial charge is 0.238 e. The summed E-state index contributed by atoms with van der Waals surface area (Å²) in [5.74, 6) is -1.48. The van der Waals surface area contributed by atoms with Crippen LogP contribution in [0.15, 0.2) is 23.1 Å². The molecule has 0 aliphatic rings. The van der Waals surface area contributed by atoms with Gasteiger partial charge in [0.05, 0.1) is 10.4 Å². The van der Waals surface area contributed by atoms with Crippen LogP contribution in [0.25, 0.3) is 0 Å². The third kappa shape index (κ3) is 3.89. The molecule has 0 unspecified atom stereocenters. The van der Waals surface area contributed by atoms with Crippen molar-refractivity contribution in [3.63, 3.8) is 0 Å². The van der Waals surface area contributed by atoms with Gasteiger partial charge in [-0.15, -0.1) is 11.6 Å². The van der Waals surface area contributed by atoms with Crippen LogP contribution in [-0.4, -0.2) is 20.2 Å². The van der Waals surface area contributed by atoms with Crippen molar-refractivity contribution in [2.75, 3.05) is 5.88 Å². The standard InChI is InChI=1S/C11H14ClFN2O3S/c1-11(2,15-10(16)6-12)8-4-3-7(5-9(8)13)19(14,17)18/h3-5H,6H2,1-2H3,(H,15,16)(H2,14,17,18). The quantitative estimate of drug-likeness (QED) is 0.815. The lowest BCUT2D eigenvalue weighted by atomic mass is 9.94. The second-order valence-electron chi connectivity index (χ2n) is 4.49. The van der Waals surface area contributed by atoms with Gasteiger partial charge in [-0.05, 0) is 26.0 Å². The van der Waals surface area contributed by atoms with Crippen LogP contribution in [0.1, 0.15) is 19.4 Å². The Morgan fingerprint density at radius 3 is 2.47 bits per heavy atom. The highest BCUT2D eigenvalue weighted by atomic mass is 35.5. The van der Waals surface area contributed by atoms with Crippen molar-refractivity contribution < 1.29 is 17.6 Å². The highest BCUT2D eigenvalue weighted by Gasteiger charge is 2.26. The summed E-state index contributed by atoms with van der Waals surface area (Å²) in [5.41, 5.74) is -0.884. The Hall–Kier alpha value is -1.18. The van der Waals surface area contributed by atoms with Crippen LogP contribution in [0.5, 0.6) is 0 Å². The summed E-state index contributed by atoms with van der Waals surface area (Å²) in [5, 5.41) is 7.44. The zero-order chi connectivity index (χ0) is 14.8. The molecule has 0 atom stereocenters. The van der Waals surface area contributed by atoms with Crippen LogP contribution in [0.2, 0.25) is 0 Å². The molecule has 0 aliphatic heterocycles. The molecular formula is C11H14ClFN2O3S. The van der Waals surface area contributed by atoms with Gasteiger partial charge in [-0.1, -0.05) is 6.07 Å². The first-order valence-corrected chi connectivity index (χ1v) is 7.36. The molecule has 0 heterocycles. The van der Waals surface area contributed by atoms with Gasteiger partial charge in [0.15, 0.2) is 0 Å². The molecule has 0 spiro atoms. The second kappa shape index (κ2) is 5.44. The zero-order valence-electron chi connectivity index (χ0n) is 10.4. The van der Waals surface area contributed by atoms with Crippen molar-refractivity contribution in [3.05, 3.63) is 29.6 Å². The van der Waals surface area contributed by atoms with E-state index in [0.717, 1.165) is 6.07 Å². The van der Waals surface area contributed by atoms with E-state index < -0.39 is 27.3 Å². The number of halogens is 2. The van der Waals surface area contributed by atoms with Gasteiger partial charge in [0.1, 0.15) is 11.7 Å². The van der Waals surface area contributed by atoms with Gasteiger partial charge in [-0.3, -0.25) is 4.79 Å². The fourth-order valence-electron chi connectivity index (χ4n) is 1.63. The molecule has 0 aliphatic carbocycles. The summed E-state index contributed by atoms with van der Waals surface area (Å²) in [6.45, 7) is 3.15. The maximum Gasteiger partial charge on any atom is 0.238 e. The van der Waals surface area contributed by atoms with E-state index in [0.29, 0.717) is 0 Å². The molecule has 8 heteroatoms. The number of sulfonamides is 1. The van der Waals surface area contributed by atoms with Gasteiger partial charge in [-0.25, -0.2) is 17.9 Å². The SMILES string of the molecule is CC(C)(NC(=O)CCl)c1ccc(S(N)(=O)=O)cc1F. The van der Waals surface area contributed by atoms with Crippen molar-refractivity contribution in [1.29, 1.82) is 0 Å². The van der Waals surface area contributed by atoms with E-state index in [1.807, 2.05) is 0 Å². The topological polar surface area (TPSA) is 89.3 Å². The maximum absolute atomic E-state index is 13.9. The number of primary sulfonamides is 1. The average Bonchev–Trinajstić information content (AvgIpc) is 2.26. The molecule has 0 radical (unpaired) electrons.